The van der Waals surface area contributed by atoms with Gasteiger partial charge in [0.1, 0.15) is 0 Å². The molecule has 1 aliphatic carbocycles. The van der Waals surface area contributed by atoms with Gasteiger partial charge in [0, 0.05) is 11.5 Å². The third-order valence-corrected chi connectivity index (χ3v) is 4.09. The molecule has 0 saturated heterocycles. The lowest BCUT2D eigenvalue weighted by Crippen LogP contribution is -2.28. The van der Waals surface area contributed by atoms with Crippen molar-refractivity contribution in [1.29, 1.82) is 0 Å². The Hall–Kier alpha value is -2.24. The summed E-state index contributed by atoms with van der Waals surface area (Å²) in [4.78, 5) is 12.1. The minimum absolute atomic E-state index is 0.0135. The molecular formula is C17H24N2O4. The largest absolute Gasteiger partial charge is 0.493 e. The molecule has 0 spiro atoms. The Morgan fingerprint density at radius 1 is 1.09 bits per heavy atom. The molecule has 0 heterocycles. The van der Waals surface area contributed by atoms with Crippen molar-refractivity contribution in [3.05, 3.63) is 17.7 Å². The fourth-order valence-electron chi connectivity index (χ4n) is 2.85. The van der Waals surface area contributed by atoms with Crippen LogP contribution < -0.4 is 19.6 Å². The number of amides is 1. The first-order valence-electron chi connectivity index (χ1n) is 7.83. The smallest absolute Gasteiger partial charge is 0.243 e. The van der Waals surface area contributed by atoms with E-state index in [0.29, 0.717) is 22.8 Å². The van der Waals surface area contributed by atoms with Crippen LogP contribution in [0.15, 0.2) is 17.2 Å². The monoisotopic (exact) mass is 320 g/mol. The Labute approximate surface area is 136 Å². The van der Waals surface area contributed by atoms with Crippen molar-refractivity contribution in [2.45, 2.75) is 32.1 Å². The molecule has 0 radical (unpaired) electrons. The van der Waals surface area contributed by atoms with Gasteiger partial charge >= 0.3 is 0 Å². The molecule has 1 fully saturated rings. The van der Waals surface area contributed by atoms with Gasteiger partial charge in [0.05, 0.1) is 27.5 Å². The van der Waals surface area contributed by atoms with Crippen LogP contribution in [0, 0.1) is 5.92 Å². The fourth-order valence-corrected chi connectivity index (χ4v) is 2.85. The predicted octanol–water partition coefficient (Wildman–Crippen LogP) is 2.74. The van der Waals surface area contributed by atoms with Gasteiger partial charge in [-0.3, -0.25) is 4.79 Å². The third-order valence-electron chi connectivity index (χ3n) is 4.09. The van der Waals surface area contributed by atoms with Crippen molar-refractivity contribution in [2.75, 3.05) is 21.3 Å². The molecule has 0 bridgehead atoms. The number of carbonyl (C=O) groups excluding carboxylic acids is 1. The van der Waals surface area contributed by atoms with Crippen molar-refractivity contribution in [1.82, 2.24) is 5.43 Å². The van der Waals surface area contributed by atoms with Crippen LogP contribution in [0.5, 0.6) is 17.2 Å². The van der Waals surface area contributed by atoms with Gasteiger partial charge in [-0.15, -0.1) is 0 Å². The highest BCUT2D eigenvalue weighted by Gasteiger charge is 2.20. The van der Waals surface area contributed by atoms with Gasteiger partial charge in [0.2, 0.25) is 11.7 Å². The summed E-state index contributed by atoms with van der Waals surface area (Å²) in [5, 5.41) is 4.06. The number of hydrogen-bond acceptors (Lipinski definition) is 5. The molecule has 1 N–H and O–H groups in total. The van der Waals surface area contributed by atoms with Crippen LogP contribution in [0.25, 0.3) is 0 Å². The molecule has 2 rings (SSSR count). The van der Waals surface area contributed by atoms with E-state index in [1.165, 1.54) is 6.42 Å². The van der Waals surface area contributed by atoms with Crippen molar-refractivity contribution in [2.24, 2.45) is 11.0 Å². The molecule has 0 unspecified atom stereocenters. The summed E-state index contributed by atoms with van der Waals surface area (Å²) in [7, 11) is 4.66. The molecule has 1 saturated carbocycles. The highest BCUT2D eigenvalue weighted by atomic mass is 16.5. The lowest BCUT2D eigenvalue weighted by molar-refractivity contribution is -0.125. The molecule has 6 nitrogen and oxygen atoms in total. The molecule has 0 aliphatic heterocycles. The van der Waals surface area contributed by atoms with Crippen LogP contribution in [0.3, 0.4) is 0 Å². The summed E-state index contributed by atoms with van der Waals surface area (Å²) in [6.45, 7) is 0. The van der Waals surface area contributed by atoms with E-state index in [4.69, 9.17) is 14.2 Å². The summed E-state index contributed by atoms with van der Waals surface area (Å²) in [5.41, 5.74) is 3.32. The van der Waals surface area contributed by atoms with Crippen molar-refractivity contribution < 1.29 is 19.0 Å². The lowest BCUT2D eigenvalue weighted by Gasteiger charge is -2.19. The summed E-state index contributed by atoms with van der Waals surface area (Å²) >= 11 is 0. The van der Waals surface area contributed by atoms with E-state index in [9.17, 15) is 4.79 Å². The third kappa shape index (κ3) is 4.15. The molecule has 1 aromatic rings. The highest BCUT2D eigenvalue weighted by Crippen LogP contribution is 2.38. The lowest BCUT2D eigenvalue weighted by atomic mass is 9.89. The number of benzene rings is 1. The maximum absolute atomic E-state index is 12.1. The number of rotatable bonds is 6. The quantitative estimate of drug-likeness (QED) is 0.646. The summed E-state index contributed by atoms with van der Waals surface area (Å²) in [6, 6.07) is 3.57. The minimum atomic E-state index is -0.0135. The van der Waals surface area contributed by atoms with Gasteiger partial charge < -0.3 is 14.2 Å². The summed E-state index contributed by atoms with van der Waals surface area (Å²) in [5.74, 6) is 1.65. The van der Waals surface area contributed by atoms with Gasteiger partial charge in [-0.05, 0) is 25.0 Å². The number of nitrogens with zero attached hydrogens (tertiary/aromatic N) is 1. The van der Waals surface area contributed by atoms with Crippen LogP contribution in [0.4, 0.5) is 0 Å². The molecule has 1 aliphatic rings. The van der Waals surface area contributed by atoms with Gasteiger partial charge in [-0.2, -0.15) is 5.10 Å². The standard InChI is InChI=1S/C17H24N2O4/c1-21-14-10-9-13(15(22-2)16(14)23-3)11-18-19-17(20)12-7-5-4-6-8-12/h9-12H,4-8H2,1-3H3,(H,19,20)/b18-11-. The molecule has 1 aromatic carbocycles. The van der Waals surface area contributed by atoms with E-state index >= 15 is 0 Å². The molecule has 6 heteroatoms. The van der Waals surface area contributed by atoms with Crippen LogP contribution in [0.2, 0.25) is 0 Å². The number of hydrazone groups is 1. The normalized spacial score (nSPS) is 15.4. The zero-order valence-electron chi connectivity index (χ0n) is 13.9. The van der Waals surface area contributed by atoms with Crippen LogP contribution >= 0.6 is 0 Å². The minimum Gasteiger partial charge on any atom is -0.493 e. The van der Waals surface area contributed by atoms with E-state index in [-0.39, 0.29) is 11.8 Å². The van der Waals surface area contributed by atoms with E-state index in [2.05, 4.69) is 10.5 Å². The van der Waals surface area contributed by atoms with Gasteiger partial charge in [0.25, 0.3) is 0 Å². The molecule has 23 heavy (non-hydrogen) atoms. The Morgan fingerprint density at radius 3 is 2.39 bits per heavy atom. The van der Waals surface area contributed by atoms with E-state index < -0.39 is 0 Å². The first-order valence-corrected chi connectivity index (χ1v) is 7.83. The molecule has 0 aromatic heterocycles. The number of nitrogens with one attached hydrogen (secondary N) is 1. The topological polar surface area (TPSA) is 69.2 Å². The van der Waals surface area contributed by atoms with Crippen LogP contribution in [0.1, 0.15) is 37.7 Å². The SMILES string of the molecule is COc1ccc(/C=N\NC(=O)C2CCCCC2)c(OC)c1OC. The van der Waals surface area contributed by atoms with Gasteiger partial charge in [-0.1, -0.05) is 19.3 Å². The first kappa shape index (κ1) is 17.1. The van der Waals surface area contributed by atoms with E-state index in [1.807, 2.05) is 0 Å². The Balaban J connectivity index is 2.08. The van der Waals surface area contributed by atoms with E-state index in [1.54, 1.807) is 39.7 Å². The van der Waals surface area contributed by atoms with Crippen LogP contribution in [-0.4, -0.2) is 33.5 Å². The zero-order chi connectivity index (χ0) is 16.7. The zero-order valence-corrected chi connectivity index (χ0v) is 13.9. The summed E-state index contributed by atoms with van der Waals surface area (Å²) < 4.78 is 15.9. The maximum atomic E-state index is 12.1. The van der Waals surface area contributed by atoms with Crippen molar-refractivity contribution >= 4 is 12.1 Å². The Bertz CT molecular complexity index is 566. The average molecular weight is 320 g/mol. The number of carbonyl (C=O) groups is 1. The summed E-state index contributed by atoms with van der Waals surface area (Å²) in [6.07, 6.45) is 6.90. The van der Waals surface area contributed by atoms with Gasteiger partial charge in [-0.25, -0.2) is 5.43 Å². The van der Waals surface area contributed by atoms with E-state index in [0.717, 1.165) is 25.7 Å². The number of hydrogen-bond donors (Lipinski definition) is 1. The molecule has 0 atom stereocenters. The van der Waals surface area contributed by atoms with Crippen molar-refractivity contribution in [3.63, 3.8) is 0 Å². The fraction of sp³-hybridized carbons (Fsp3) is 0.529. The number of ether oxygens (including phenoxy) is 3. The second kappa shape index (κ2) is 8.41. The maximum Gasteiger partial charge on any atom is 0.243 e. The molecule has 1 amide bonds. The van der Waals surface area contributed by atoms with Crippen LogP contribution in [-0.2, 0) is 4.79 Å². The number of methoxy groups -OCH3 is 3. The predicted molar refractivity (Wildman–Crippen MR) is 88.4 cm³/mol. The molecular weight excluding hydrogens is 296 g/mol. The molecule has 126 valence electrons. The second-order valence-corrected chi connectivity index (χ2v) is 5.49. The Morgan fingerprint density at radius 2 is 1.78 bits per heavy atom. The highest BCUT2D eigenvalue weighted by molar-refractivity contribution is 5.87. The van der Waals surface area contributed by atoms with Crippen molar-refractivity contribution in [3.8, 4) is 17.2 Å². The van der Waals surface area contributed by atoms with Gasteiger partial charge in [0.15, 0.2) is 11.5 Å². The first-order chi connectivity index (χ1) is 11.2. The average Bonchev–Trinajstić information content (AvgIpc) is 2.61. The second-order valence-electron chi connectivity index (χ2n) is 5.49. The Kier molecular flexibility index (Phi) is 6.26.